The van der Waals surface area contributed by atoms with Crippen molar-refractivity contribution in [3.05, 3.63) is 70.3 Å². The minimum Gasteiger partial charge on any atom is -0.0613 e. The van der Waals surface area contributed by atoms with Crippen molar-refractivity contribution in [2.24, 2.45) is 0 Å². The first-order valence-electron chi connectivity index (χ1n) is 8.64. The molecular formula is C22H28. The molecule has 0 saturated carbocycles. The summed E-state index contributed by atoms with van der Waals surface area (Å²) in [5, 5.41) is 0. The molecule has 0 heteroatoms. The fraction of sp³-hybridized carbons (Fsp3) is 0.455. The van der Waals surface area contributed by atoms with Gasteiger partial charge in [-0.25, -0.2) is 0 Å². The summed E-state index contributed by atoms with van der Waals surface area (Å²) in [5.41, 5.74) is 7.80. The van der Waals surface area contributed by atoms with Gasteiger partial charge in [0.25, 0.3) is 0 Å². The summed E-state index contributed by atoms with van der Waals surface area (Å²) < 4.78 is 0. The molecule has 0 amide bonds. The molecule has 2 aromatic carbocycles. The van der Waals surface area contributed by atoms with Crippen LogP contribution in [0.25, 0.3) is 0 Å². The number of hydrogen-bond acceptors (Lipinski definition) is 0. The lowest BCUT2D eigenvalue weighted by atomic mass is 9.74. The summed E-state index contributed by atoms with van der Waals surface area (Å²) >= 11 is 0. The van der Waals surface area contributed by atoms with Crippen LogP contribution in [-0.4, -0.2) is 0 Å². The van der Waals surface area contributed by atoms with E-state index in [1.165, 1.54) is 28.7 Å². The normalized spacial score (nSPS) is 22.6. The molecule has 0 nitrogen and oxygen atoms in total. The van der Waals surface area contributed by atoms with E-state index in [0.29, 0.717) is 0 Å². The molecule has 0 heterocycles. The molecule has 0 radical (unpaired) electrons. The fourth-order valence-corrected chi connectivity index (χ4v) is 4.30. The van der Waals surface area contributed by atoms with Gasteiger partial charge in [0.1, 0.15) is 0 Å². The van der Waals surface area contributed by atoms with Crippen molar-refractivity contribution in [2.45, 2.75) is 64.7 Å². The van der Waals surface area contributed by atoms with Crippen molar-refractivity contribution < 1.29 is 0 Å². The summed E-state index contributed by atoms with van der Waals surface area (Å²) in [6.45, 7) is 11.7. The highest BCUT2D eigenvalue weighted by molar-refractivity contribution is 5.53. The molecule has 0 spiro atoms. The lowest BCUT2D eigenvalue weighted by Gasteiger charge is -2.29. The molecule has 2 aromatic rings. The highest BCUT2D eigenvalue weighted by Gasteiger charge is 2.45. The number of aryl methyl sites for hydroxylation is 2. The Bertz CT molecular complexity index is 676. The van der Waals surface area contributed by atoms with Gasteiger partial charge in [-0.05, 0) is 52.5 Å². The highest BCUT2D eigenvalue weighted by Crippen LogP contribution is 2.52. The maximum Gasteiger partial charge on any atom is 0.0186 e. The van der Waals surface area contributed by atoms with E-state index in [2.05, 4.69) is 77.1 Å². The SMILES string of the molecule is CCc1ccc(C2(C)CC(C)(C)c3ccc(CC)cc32)cc1. The lowest BCUT2D eigenvalue weighted by Crippen LogP contribution is -2.23. The molecule has 1 aliphatic rings. The predicted molar refractivity (Wildman–Crippen MR) is 95.7 cm³/mol. The van der Waals surface area contributed by atoms with E-state index in [1.54, 1.807) is 5.56 Å². The topological polar surface area (TPSA) is 0 Å². The number of benzene rings is 2. The average Bonchev–Trinajstić information content (AvgIpc) is 2.74. The second kappa shape index (κ2) is 5.26. The third-order valence-corrected chi connectivity index (χ3v) is 5.61. The van der Waals surface area contributed by atoms with Gasteiger partial charge in [-0.3, -0.25) is 0 Å². The van der Waals surface area contributed by atoms with E-state index < -0.39 is 0 Å². The quantitative estimate of drug-likeness (QED) is 0.670. The van der Waals surface area contributed by atoms with Crippen LogP contribution in [0.2, 0.25) is 0 Å². The third-order valence-electron chi connectivity index (χ3n) is 5.61. The van der Waals surface area contributed by atoms with Crippen LogP contribution < -0.4 is 0 Å². The predicted octanol–water partition coefficient (Wildman–Crippen LogP) is 5.80. The van der Waals surface area contributed by atoms with Gasteiger partial charge in [0.15, 0.2) is 0 Å². The van der Waals surface area contributed by atoms with Crippen molar-refractivity contribution in [2.75, 3.05) is 0 Å². The molecule has 0 fully saturated rings. The van der Waals surface area contributed by atoms with Crippen LogP contribution in [0.3, 0.4) is 0 Å². The highest BCUT2D eigenvalue weighted by atomic mass is 14.5. The molecule has 0 aliphatic heterocycles. The zero-order chi connectivity index (χ0) is 16.0. The molecule has 1 atom stereocenters. The van der Waals surface area contributed by atoms with Crippen molar-refractivity contribution in [3.8, 4) is 0 Å². The van der Waals surface area contributed by atoms with Gasteiger partial charge in [-0.2, -0.15) is 0 Å². The van der Waals surface area contributed by atoms with Crippen LogP contribution in [0.5, 0.6) is 0 Å². The summed E-state index contributed by atoms with van der Waals surface area (Å²) in [5.74, 6) is 0. The summed E-state index contributed by atoms with van der Waals surface area (Å²) in [4.78, 5) is 0. The molecule has 0 N–H and O–H groups in total. The maximum absolute atomic E-state index is 2.46. The maximum atomic E-state index is 2.46. The second-order valence-electron chi connectivity index (χ2n) is 7.68. The van der Waals surface area contributed by atoms with Crippen LogP contribution >= 0.6 is 0 Å². The zero-order valence-corrected chi connectivity index (χ0v) is 14.7. The van der Waals surface area contributed by atoms with Crippen molar-refractivity contribution in [3.63, 3.8) is 0 Å². The first-order chi connectivity index (χ1) is 10.4. The molecule has 0 aromatic heterocycles. The lowest BCUT2D eigenvalue weighted by molar-refractivity contribution is 0.425. The van der Waals surface area contributed by atoms with Gasteiger partial charge in [0.2, 0.25) is 0 Å². The van der Waals surface area contributed by atoms with Crippen LogP contribution in [0.4, 0.5) is 0 Å². The molecule has 116 valence electrons. The van der Waals surface area contributed by atoms with Gasteiger partial charge in [-0.1, -0.05) is 77.1 Å². The Balaban J connectivity index is 2.15. The van der Waals surface area contributed by atoms with Crippen molar-refractivity contribution in [1.82, 2.24) is 0 Å². The van der Waals surface area contributed by atoms with Crippen molar-refractivity contribution >= 4 is 0 Å². The zero-order valence-electron chi connectivity index (χ0n) is 14.7. The Hall–Kier alpha value is -1.56. The van der Waals surface area contributed by atoms with E-state index in [1.807, 2.05) is 0 Å². The number of hydrogen-bond donors (Lipinski definition) is 0. The third kappa shape index (κ3) is 2.29. The molecule has 1 aliphatic carbocycles. The first kappa shape index (κ1) is 15.3. The van der Waals surface area contributed by atoms with Crippen LogP contribution in [0.1, 0.15) is 68.9 Å². The van der Waals surface area contributed by atoms with Gasteiger partial charge < -0.3 is 0 Å². The summed E-state index contributed by atoms with van der Waals surface area (Å²) in [7, 11) is 0. The van der Waals surface area contributed by atoms with Crippen LogP contribution in [0, 0.1) is 0 Å². The van der Waals surface area contributed by atoms with E-state index in [4.69, 9.17) is 0 Å². The van der Waals surface area contributed by atoms with Gasteiger partial charge in [0.05, 0.1) is 0 Å². The molecule has 1 unspecified atom stereocenters. The molecule has 3 rings (SSSR count). The minimum absolute atomic E-state index is 0.135. The largest absolute Gasteiger partial charge is 0.0613 e. The minimum atomic E-state index is 0.135. The summed E-state index contributed by atoms with van der Waals surface area (Å²) in [6, 6.07) is 16.4. The Morgan fingerprint density at radius 2 is 1.36 bits per heavy atom. The fourth-order valence-electron chi connectivity index (χ4n) is 4.30. The monoisotopic (exact) mass is 292 g/mol. The average molecular weight is 292 g/mol. The van der Waals surface area contributed by atoms with Crippen LogP contribution in [0.15, 0.2) is 42.5 Å². The first-order valence-corrected chi connectivity index (χ1v) is 8.64. The van der Waals surface area contributed by atoms with Gasteiger partial charge >= 0.3 is 0 Å². The number of rotatable bonds is 3. The summed E-state index contributed by atoms with van der Waals surface area (Å²) in [6.07, 6.45) is 3.41. The smallest absolute Gasteiger partial charge is 0.0186 e. The second-order valence-corrected chi connectivity index (χ2v) is 7.68. The van der Waals surface area contributed by atoms with E-state index >= 15 is 0 Å². The van der Waals surface area contributed by atoms with E-state index in [-0.39, 0.29) is 10.8 Å². The molecule has 22 heavy (non-hydrogen) atoms. The van der Waals surface area contributed by atoms with Crippen molar-refractivity contribution in [1.29, 1.82) is 0 Å². The van der Waals surface area contributed by atoms with Crippen LogP contribution in [-0.2, 0) is 23.7 Å². The molecule has 0 bridgehead atoms. The van der Waals surface area contributed by atoms with Gasteiger partial charge in [-0.15, -0.1) is 0 Å². The molecular weight excluding hydrogens is 264 g/mol. The standard InChI is InChI=1S/C22H28/c1-6-16-8-11-18(12-9-16)22(5)15-21(3,4)19-13-10-17(7-2)14-20(19)22/h8-14H,6-7,15H2,1-5H3. The van der Waals surface area contributed by atoms with Gasteiger partial charge in [0, 0.05) is 5.41 Å². The number of fused-ring (bicyclic) bond motifs is 1. The molecule has 0 saturated heterocycles. The Kier molecular flexibility index (Phi) is 3.67. The Morgan fingerprint density at radius 1 is 0.773 bits per heavy atom. The van der Waals surface area contributed by atoms with E-state index in [0.717, 1.165) is 12.8 Å². The Labute approximate surface area is 135 Å². The Morgan fingerprint density at radius 3 is 1.95 bits per heavy atom. The van der Waals surface area contributed by atoms with E-state index in [9.17, 15) is 0 Å².